The quantitative estimate of drug-likeness (QED) is 0.838. The van der Waals surface area contributed by atoms with Gasteiger partial charge in [-0.05, 0) is 36.5 Å². The monoisotopic (exact) mass is 290 g/mol. The smallest absolute Gasteiger partial charge is 0.322 e. The van der Waals surface area contributed by atoms with Crippen LogP contribution in [-0.2, 0) is 14.3 Å². The summed E-state index contributed by atoms with van der Waals surface area (Å²) in [4.78, 5) is 22.7. The van der Waals surface area contributed by atoms with Crippen LogP contribution in [0.5, 0.6) is 0 Å². The Morgan fingerprint density at radius 2 is 1.90 bits per heavy atom. The van der Waals surface area contributed by atoms with Crippen LogP contribution in [0, 0.1) is 5.92 Å². The number of hydrogen-bond donors (Lipinski definition) is 2. The van der Waals surface area contributed by atoms with E-state index in [0.717, 1.165) is 24.1 Å². The van der Waals surface area contributed by atoms with Crippen molar-refractivity contribution < 1.29 is 14.3 Å². The predicted octanol–water partition coefficient (Wildman–Crippen LogP) is 2.25. The van der Waals surface area contributed by atoms with Gasteiger partial charge in [0.2, 0.25) is 5.91 Å². The molecule has 0 bridgehead atoms. The Morgan fingerprint density at radius 3 is 2.48 bits per heavy atom. The summed E-state index contributed by atoms with van der Waals surface area (Å²) in [5, 5.41) is 6.12. The third kappa shape index (κ3) is 3.82. The average Bonchev–Trinajstić information content (AvgIpc) is 2.47. The summed E-state index contributed by atoms with van der Waals surface area (Å²) in [5.41, 5.74) is 1.89. The van der Waals surface area contributed by atoms with Gasteiger partial charge in [-0.25, -0.2) is 0 Å². The molecule has 114 valence electrons. The highest BCUT2D eigenvalue weighted by atomic mass is 16.5. The van der Waals surface area contributed by atoms with Gasteiger partial charge in [-0.3, -0.25) is 14.9 Å². The van der Waals surface area contributed by atoms with E-state index >= 15 is 0 Å². The Kier molecular flexibility index (Phi) is 4.96. The highest BCUT2D eigenvalue weighted by molar-refractivity contribution is 5.88. The first-order valence-electron chi connectivity index (χ1n) is 7.22. The van der Waals surface area contributed by atoms with Crippen molar-refractivity contribution in [3.63, 3.8) is 0 Å². The number of carbonyl (C=O) groups is 2. The molecule has 0 spiro atoms. The van der Waals surface area contributed by atoms with Crippen molar-refractivity contribution in [1.29, 1.82) is 0 Å². The van der Waals surface area contributed by atoms with E-state index in [1.54, 1.807) is 0 Å². The minimum Gasteiger partial charge on any atom is -0.468 e. The molecule has 0 unspecified atom stereocenters. The Hall–Kier alpha value is -1.88. The maximum atomic E-state index is 11.7. The van der Waals surface area contributed by atoms with E-state index in [0.29, 0.717) is 5.92 Å². The number of anilines is 1. The number of carbonyl (C=O) groups excluding carboxylic acids is 2. The van der Waals surface area contributed by atoms with Crippen LogP contribution in [0.2, 0.25) is 0 Å². The highest BCUT2D eigenvalue weighted by Gasteiger charge is 2.32. The zero-order chi connectivity index (χ0) is 15.4. The van der Waals surface area contributed by atoms with Gasteiger partial charge in [0, 0.05) is 18.7 Å². The molecule has 21 heavy (non-hydrogen) atoms. The first-order chi connectivity index (χ1) is 10.0. The second kappa shape index (κ2) is 6.72. The van der Waals surface area contributed by atoms with Gasteiger partial charge in [0.15, 0.2) is 0 Å². The Balaban J connectivity index is 2.11. The van der Waals surface area contributed by atoms with Crippen LogP contribution in [0.1, 0.15) is 38.3 Å². The molecule has 0 aromatic heterocycles. The number of esters is 1. The molecule has 5 nitrogen and oxygen atoms in total. The number of benzene rings is 1. The lowest BCUT2D eigenvalue weighted by Crippen LogP contribution is -2.46. The van der Waals surface area contributed by atoms with Crippen LogP contribution in [0.25, 0.3) is 0 Å². The average molecular weight is 290 g/mol. The molecule has 1 saturated heterocycles. The van der Waals surface area contributed by atoms with Crippen molar-refractivity contribution in [3.05, 3.63) is 29.8 Å². The third-order valence-electron chi connectivity index (χ3n) is 3.94. The standard InChI is InChI=1S/C16H22N2O3/c1-10-4-9-14(16(20)21-3)18-15(10)12-5-7-13(8-6-12)17-11(2)19/h5-8,10,14-15,18H,4,9H2,1-3H3,(H,17,19)/t10-,14+,15-/m1/s1. The van der Waals surface area contributed by atoms with Crippen molar-refractivity contribution in [1.82, 2.24) is 5.32 Å². The Bertz CT molecular complexity index is 513. The van der Waals surface area contributed by atoms with Crippen LogP contribution in [-0.4, -0.2) is 25.0 Å². The molecule has 5 heteroatoms. The number of rotatable bonds is 3. The molecular weight excluding hydrogens is 268 g/mol. The van der Waals surface area contributed by atoms with Crippen LogP contribution < -0.4 is 10.6 Å². The minimum absolute atomic E-state index is 0.0855. The van der Waals surface area contributed by atoms with E-state index in [-0.39, 0.29) is 24.0 Å². The lowest BCUT2D eigenvalue weighted by molar-refractivity contribution is -0.144. The van der Waals surface area contributed by atoms with Crippen molar-refractivity contribution in [2.45, 2.75) is 38.8 Å². The Morgan fingerprint density at radius 1 is 1.24 bits per heavy atom. The molecule has 1 aliphatic heterocycles. The molecular formula is C16H22N2O3. The van der Waals surface area contributed by atoms with Crippen molar-refractivity contribution in [2.75, 3.05) is 12.4 Å². The Labute approximate surface area is 125 Å². The second-order valence-electron chi connectivity index (χ2n) is 5.58. The van der Waals surface area contributed by atoms with Gasteiger partial charge in [0.05, 0.1) is 7.11 Å². The molecule has 1 aromatic carbocycles. The number of hydrogen-bond acceptors (Lipinski definition) is 4. The van der Waals surface area contributed by atoms with E-state index in [4.69, 9.17) is 4.74 Å². The number of nitrogens with one attached hydrogen (secondary N) is 2. The molecule has 2 rings (SSSR count). The van der Waals surface area contributed by atoms with Crippen LogP contribution in [0.4, 0.5) is 5.69 Å². The lowest BCUT2D eigenvalue weighted by atomic mass is 9.85. The van der Waals surface area contributed by atoms with Crippen molar-refractivity contribution in [2.24, 2.45) is 5.92 Å². The molecule has 1 heterocycles. The summed E-state index contributed by atoms with van der Waals surface area (Å²) in [6, 6.07) is 7.61. The second-order valence-corrected chi connectivity index (χ2v) is 5.58. The van der Waals surface area contributed by atoms with E-state index in [9.17, 15) is 9.59 Å². The summed E-state index contributed by atoms with van der Waals surface area (Å²) in [6.45, 7) is 3.66. The predicted molar refractivity (Wildman–Crippen MR) is 80.8 cm³/mol. The van der Waals surface area contributed by atoms with Crippen molar-refractivity contribution >= 4 is 17.6 Å². The summed E-state index contributed by atoms with van der Waals surface area (Å²) in [7, 11) is 1.42. The first-order valence-corrected chi connectivity index (χ1v) is 7.22. The van der Waals surface area contributed by atoms with E-state index in [1.807, 2.05) is 24.3 Å². The number of amides is 1. The summed E-state index contributed by atoms with van der Waals surface area (Å²) in [6.07, 6.45) is 1.78. The van der Waals surface area contributed by atoms with Gasteiger partial charge in [0.25, 0.3) is 0 Å². The number of piperidine rings is 1. The van der Waals surface area contributed by atoms with Crippen molar-refractivity contribution in [3.8, 4) is 0 Å². The largest absolute Gasteiger partial charge is 0.468 e. The summed E-state index contributed by atoms with van der Waals surface area (Å²) < 4.78 is 4.82. The number of methoxy groups -OCH3 is 1. The SMILES string of the molecule is COC(=O)[C@@H]1CC[C@@H](C)[C@H](c2ccc(NC(C)=O)cc2)N1. The molecule has 0 radical (unpaired) electrons. The van der Waals surface area contributed by atoms with E-state index in [1.165, 1.54) is 14.0 Å². The molecule has 1 aromatic rings. The summed E-state index contributed by atoms with van der Waals surface area (Å²) in [5.74, 6) is 0.150. The zero-order valence-corrected chi connectivity index (χ0v) is 12.7. The van der Waals surface area contributed by atoms with Gasteiger partial charge in [-0.1, -0.05) is 19.1 Å². The molecule has 1 fully saturated rings. The number of ether oxygens (including phenoxy) is 1. The van der Waals surface area contributed by atoms with E-state index < -0.39 is 0 Å². The van der Waals surface area contributed by atoms with Gasteiger partial charge >= 0.3 is 5.97 Å². The molecule has 3 atom stereocenters. The topological polar surface area (TPSA) is 67.4 Å². The van der Waals surface area contributed by atoms with Crippen LogP contribution in [0.15, 0.2) is 24.3 Å². The molecule has 1 aliphatic rings. The normalized spacial score (nSPS) is 25.2. The lowest BCUT2D eigenvalue weighted by Gasteiger charge is -2.35. The zero-order valence-electron chi connectivity index (χ0n) is 12.7. The molecule has 1 amide bonds. The molecule has 0 aliphatic carbocycles. The van der Waals surface area contributed by atoms with Gasteiger partial charge in [-0.2, -0.15) is 0 Å². The maximum Gasteiger partial charge on any atom is 0.322 e. The summed E-state index contributed by atoms with van der Waals surface area (Å²) >= 11 is 0. The fourth-order valence-electron chi connectivity index (χ4n) is 2.79. The fraction of sp³-hybridized carbons (Fsp3) is 0.500. The van der Waals surface area contributed by atoms with E-state index in [2.05, 4.69) is 17.6 Å². The molecule has 0 saturated carbocycles. The fourth-order valence-corrected chi connectivity index (χ4v) is 2.79. The van der Waals surface area contributed by atoms with Gasteiger partial charge in [0.1, 0.15) is 6.04 Å². The van der Waals surface area contributed by atoms with Gasteiger partial charge in [-0.15, -0.1) is 0 Å². The third-order valence-corrected chi connectivity index (χ3v) is 3.94. The van der Waals surface area contributed by atoms with Gasteiger partial charge < -0.3 is 10.1 Å². The maximum absolute atomic E-state index is 11.7. The first kappa shape index (κ1) is 15.5. The highest BCUT2D eigenvalue weighted by Crippen LogP contribution is 2.31. The van der Waals surface area contributed by atoms with Crippen LogP contribution >= 0.6 is 0 Å². The van der Waals surface area contributed by atoms with Crippen LogP contribution in [0.3, 0.4) is 0 Å². The minimum atomic E-state index is -0.244. The molecule has 2 N–H and O–H groups in total.